The minimum atomic E-state index is 0.323. The summed E-state index contributed by atoms with van der Waals surface area (Å²) in [4.78, 5) is 0. The van der Waals surface area contributed by atoms with Crippen molar-refractivity contribution in [2.75, 3.05) is 5.32 Å². The third-order valence-electron chi connectivity index (χ3n) is 4.08. The maximum absolute atomic E-state index is 3.71. The summed E-state index contributed by atoms with van der Waals surface area (Å²) in [5, 5.41) is 3.71. The molecule has 0 aliphatic heterocycles. The van der Waals surface area contributed by atoms with E-state index in [0.717, 1.165) is 6.42 Å². The second kappa shape index (κ2) is 6.80. The van der Waals surface area contributed by atoms with Gasteiger partial charge in [0.1, 0.15) is 0 Å². The molecule has 2 rings (SSSR count). The largest absolute Gasteiger partial charge is 0.378 e. The third-order valence-corrected chi connectivity index (χ3v) is 4.08. The summed E-state index contributed by atoms with van der Waals surface area (Å²) in [6.45, 7) is 11.1. The number of hydrogen-bond acceptors (Lipinski definition) is 1. The molecule has 2 aromatic carbocycles. The molecule has 112 valence electrons. The van der Waals surface area contributed by atoms with Gasteiger partial charge in [-0.05, 0) is 62.4 Å². The molecule has 0 radical (unpaired) electrons. The molecule has 0 fully saturated rings. The van der Waals surface area contributed by atoms with Gasteiger partial charge >= 0.3 is 0 Å². The second-order valence-electron chi connectivity index (χ2n) is 6.09. The average molecular weight is 281 g/mol. The van der Waals surface area contributed by atoms with Gasteiger partial charge in [-0.25, -0.2) is 0 Å². The molecular formula is C20H27N. The van der Waals surface area contributed by atoms with Gasteiger partial charge in [0.05, 0.1) is 0 Å². The van der Waals surface area contributed by atoms with E-state index in [1.807, 2.05) is 0 Å². The maximum Gasteiger partial charge on any atom is 0.0490 e. The summed E-state index contributed by atoms with van der Waals surface area (Å²) in [6.07, 6.45) is 2.30. The molecule has 21 heavy (non-hydrogen) atoms. The van der Waals surface area contributed by atoms with Gasteiger partial charge in [-0.15, -0.1) is 0 Å². The molecule has 0 spiro atoms. The van der Waals surface area contributed by atoms with Crippen LogP contribution < -0.4 is 5.32 Å². The first kappa shape index (κ1) is 15.6. The van der Waals surface area contributed by atoms with Crippen LogP contribution in [0.4, 0.5) is 5.69 Å². The number of nitrogens with one attached hydrogen (secondary N) is 1. The Labute approximate surface area is 129 Å². The van der Waals surface area contributed by atoms with E-state index >= 15 is 0 Å². The minimum absolute atomic E-state index is 0.323. The molecule has 1 N–H and O–H groups in total. The molecule has 0 heterocycles. The predicted octanol–water partition coefficient (Wildman–Crippen LogP) is 5.74. The molecule has 0 saturated heterocycles. The highest BCUT2D eigenvalue weighted by molar-refractivity contribution is 5.54. The van der Waals surface area contributed by atoms with Crippen molar-refractivity contribution in [2.45, 2.75) is 53.5 Å². The van der Waals surface area contributed by atoms with Crippen molar-refractivity contribution in [1.82, 2.24) is 0 Å². The van der Waals surface area contributed by atoms with Crippen molar-refractivity contribution in [1.29, 1.82) is 0 Å². The highest BCUT2D eigenvalue weighted by Gasteiger charge is 2.13. The average Bonchev–Trinajstić information content (AvgIpc) is 2.40. The highest BCUT2D eigenvalue weighted by Crippen LogP contribution is 2.28. The SMILES string of the molecule is CCCc1ccccc1NC(C)c1c(C)cc(C)cc1C. The number of aryl methyl sites for hydroxylation is 4. The van der Waals surface area contributed by atoms with E-state index in [1.165, 1.54) is 39.9 Å². The van der Waals surface area contributed by atoms with Gasteiger partial charge in [-0.1, -0.05) is 49.2 Å². The first-order valence-corrected chi connectivity index (χ1v) is 7.95. The molecule has 0 bridgehead atoms. The number of benzene rings is 2. The van der Waals surface area contributed by atoms with Crippen molar-refractivity contribution in [2.24, 2.45) is 0 Å². The predicted molar refractivity (Wildman–Crippen MR) is 93.1 cm³/mol. The summed E-state index contributed by atoms with van der Waals surface area (Å²) in [5.41, 5.74) is 8.20. The smallest absolute Gasteiger partial charge is 0.0490 e. The van der Waals surface area contributed by atoms with Crippen LogP contribution in [0.3, 0.4) is 0 Å². The summed E-state index contributed by atoms with van der Waals surface area (Å²) in [5.74, 6) is 0. The summed E-state index contributed by atoms with van der Waals surface area (Å²) in [7, 11) is 0. The second-order valence-corrected chi connectivity index (χ2v) is 6.09. The zero-order valence-electron chi connectivity index (χ0n) is 14.0. The lowest BCUT2D eigenvalue weighted by atomic mass is 9.94. The Morgan fingerprint density at radius 1 is 1.00 bits per heavy atom. The van der Waals surface area contributed by atoms with Gasteiger partial charge in [-0.3, -0.25) is 0 Å². The van der Waals surface area contributed by atoms with E-state index in [4.69, 9.17) is 0 Å². The van der Waals surface area contributed by atoms with Crippen LogP contribution in [0.5, 0.6) is 0 Å². The highest BCUT2D eigenvalue weighted by atomic mass is 14.9. The first-order valence-electron chi connectivity index (χ1n) is 7.95. The number of hydrogen-bond donors (Lipinski definition) is 1. The van der Waals surface area contributed by atoms with Crippen LogP contribution >= 0.6 is 0 Å². The summed E-state index contributed by atoms with van der Waals surface area (Å²) < 4.78 is 0. The maximum atomic E-state index is 3.71. The Balaban J connectivity index is 2.28. The molecule has 0 aliphatic rings. The van der Waals surface area contributed by atoms with Crippen LogP contribution in [0.2, 0.25) is 0 Å². The van der Waals surface area contributed by atoms with Crippen LogP contribution in [0.15, 0.2) is 36.4 Å². The van der Waals surface area contributed by atoms with E-state index in [-0.39, 0.29) is 0 Å². The zero-order valence-corrected chi connectivity index (χ0v) is 14.0. The lowest BCUT2D eigenvalue weighted by molar-refractivity contribution is 0.850. The van der Waals surface area contributed by atoms with E-state index in [9.17, 15) is 0 Å². The van der Waals surface area contributed by atoms with Crippen molar-refractivity contribution in [3.63, 3.8) is 0 Å². The van der Waals surface area contributed by atoms with E-state index in [1.54, 1.807) is 0 Å². The summed E-state index contributed by atoms with van der Waals surface area (Å²) >= 11 is 0. The molecule has 0 aromatic heterocycles. The Hall–Kier alpha value is -1.76. The number of anilines is 1. The van der Waals surface area contributed by atoms with Crippen LogP contribution in [0, 0.1) is 20.8 Å². The Kier molecular flexibility index (Phi) is 5.06. The van der Waals surface area contributed by atoms with Gasteiger partial charge in [-0.2, -0.15) is 0 Å². The fraction of sp³-hybridized carbons (Fsp3) is 0.400. The zero-order chi connectivity index (χ0) is 15.4. The molecule has 1 nitrogen and oxygen atoms in total. The Morgan fingerprint density at radius 2 is 1.62 bits per heavy atom. The number of rotatable bonds is 5. The fourth-order valence-electron chi connectivity index (χ4n) is 3.33. The molecule has 0 amide bonds. The molecule has 0 saturated carbocycles. The van der Waals surface area contributed by atoms with Crippen molar-refractivity contribution in [3.05, 3.63) is 64.2 Å². The minimum Gasteiger partial charge on any atom is -0.378 e. The normalized spacial score (nSPS) is 12.2. The Morgan fingerprint density at radius 3 is 2.24 bits per heavy atom. The Bertz CT molecular complexity index is 590. The lowest BCUT2D eigenvalue weighted by Gasteiger charge is -2.22. The van der Waals surface area contributed by atoms with Gasteiger partial charge in [0.15, 0.2) is 0 Å². The van der Waals surface area contributed by atoms with Gasteiger partial charge in [0.25, 0.3) is 0 Å². The van der Waals surface area contributed by atoms with E-state index in [0.29, 0.717) is 6.04 Å². The molecule has 1 atom stereocenters. The van der Waals surface area contributed by atoms with Gasteiger partial charge in [0.2, 0.25) is 0 Å². The van der Waals surface area contributed by atoms with Crippen LogP contribution in [-0.4, -0.2) is 0 Å². The fourth-order valence-corrected chi connectivity index (χ4v) is 3.33. The topological polar surface area (TPSA) is 12.0 Å². The van der Waals surface area contributed by atoms with Crippen molar-refractivity contribution in [3.8, 4) is 0 Å². The number of para-hydroxylation sites is 1. The third kappa shape index (κ3) is 3.66. The van der Waals surface area contributed by atoms with Crippen LogP contribution in [-0.2, 0) is 6.42 Å². The molecule has 1 heteroatoms. The quantitative estimate of drug-likeness (QED) is 0.737. The van der Waals surface area contributed by atoms with Gasteiger partial charge < -0.3 is 5.32 Å². The van der Waals surface area contributed by atoms with Gasteiger partial charge in [0, 0.05) is 11.7 Å². The van der Waals surface area contributed by atoms with E-state index in [2.05, 4.69) is 76.3 Å². The molecule has 1 unspecified atom stereocenters. The molecule has 0 aliphatic carbocycles. The van der Waals surface area contributed by atoms with Crippen molar-refractivity contribution >= 4 is 5.69 Å². The monoisotopic (exact) mass is 281 g/mol. The van der Waals surface area contributed by atoms with E-state index < -0.39 is 0 Å². The first-order chi connectivity index (χ1) is 10.0. The van der Waals surface area contributed by atoms with Crippen molar-refractivity contribution < 1.29 is 0 Å². The lowest BCUT2D eigenvalue weighted by Crippen LogP contribution is -2.11. The summed E-state index contributed by atoms with van der Waals surface area (Å²) in [6, 6.07) is 13.5. The molecule has 2 aromatic rings. The standard InChI is InChI=1S/C20H27N/c1-6-9-18-10-7-8-11-19(18)21-17(5)20-15(3)12-14(2)13-16(20)4/h7-8,10-13,17,21H,6,9H2,1-5H3. The van der Waals surface area contributed by atoms with Crippen LogP contribution in [0.25, 0.3) is 0 Å². The van der Waals surface area contributed by atoms with Crippen LogP contribution in [0.1, 0.15) is 54.1 Å². The molecular weight excluding hydrogens is 254 g/mol.